The minimum absolute atomic E-state index is 0.119. The van der Waals surface area contributed by atoms with E-state index in [9.17, 15) is 8.42 Å². The first-order valence-electron chi connectivity index (χ1n) is 8.40. The van der Waals surface area contributed by atoms with Crippen molar-refractivity contribution in [3.63, 3.8) is 0 Å². The topological polar surface area (TPSA) is 96.0 Å². The van der Waals surface area contributed by atoms with Gasteiger partial charge in [0, 0.05) is 23.1 Å². The highest BCUT2D eigenvalue weighted by atomic mass is 32.2. The summed E-state index contributed by atoms with van der Waals surface area (Å²) in [5.74, 6) is 0.733. The minimum atomic E-state index is -3.76. The number of benzene rings is 2. The largest absolute Gasteiger partial charge is 0.332 e. The van der Waals surface area contributed by atoms with E-state index in [1.165, 1.54) is 12.1 Å². The molecule has 28 heavy (non-hydrogen) atoms. The Bertz CT molecular complexity index is 1060. The van der Waals surface area contributed by atoms with E-state index in [1.807, 2.05) is 30.3 Å². The highest BCUT2D eigenvalue weighted by Crippen LogP contribution is 2.18. The summed E-state index contributed by atoms with van der Waals surface area (Å²) < 4.78 is 27.6. The minimum Gasteiger partial charge on any atom is -0.332 e. The van der Waals surface area contributed by atoms with Gasteiger partial charge >= 0.3 is 0 Å². The fraction of sp³-hybridized carbons (Fsp3) is 0.105. The second-order valence-corrected chi connectivity index (χ2v) is 8.11. The first kappa shape index (κ1) is 19.7. The van der Waals surface area contributed by atoms with E-state index in [-0.39, 0.29) is 10.7 Å². The zero-order valence-electron chi connectivity index (χ0n) is 15.3. The Kier molecular flexibility index (Phi) is 5.86. The molecular weight excluding hydrogens is 394 g/mol. The fourth-order valence-corrected chi connectivity index (χ4v) is 3.73. The SMILES string of the molecule is Cc1cc(NS(=O)(=O)c2ccc(NC(=S)Nc3ccccc3)cc2)nc(C)n1. The van der Waals surface area contributed by atoms with Crippen LogP contribution in [-0.4, -0.2) is 23.5 Å². The molecule has 0 aliphatic rings. The summed E-state index contributed by atoms with van der Waals surface area (Å²) in [6.45, 7) is 3.48. The Morgan fingerprint density at radius 3 is 2.11 bits per heavy atom. The van der Waals surface area contributed by atoms with Crippen molar-refractivity contribution in [3.05, 3.63) is 72.2 Å². The molecule has 0 bridgehead atoms. The van der Waals surface area contributed by atoms with E-state index < -0.39 is 10.0 Å². The van der Waals surface area contributed by atoms with Gasteiger partial charge < -0.3 is 10.6 Å². The number of nitrogens with zero attached hydrogens (tertiary/aromatic N) is 2. The molecule has 1 aromatic heterocycles. The molecule has 0 spiro atoms. The fourth-order valence-electron chi connectivity index (χ4n) is 2.50. The normalized spacial score (nSPS) is 10.9. The second kappa shape index (κ2) is 8.32. The van der Waals surface area contributed by atoms with Crippen molar-refractivity contribution < 1.29 is 8.42 Å². The molecule has 0 amide bonds. The molecule has 0 saturated carbocycles. The lowest BCUT2D eigenvalue weighted by Gasteiger charge is -2.12. The van der Waals surface area contributed by atoms with Crippen molar-refractivity contribution >= 4 is 44.5 Å². The van der Waals surface area contributed by atoms with E-state index in [1.54, 1.807) is 32.0 Å². The molecular formula is C19H19N5O2S2. The smallest absolute Gasteiger partial charge is 0.263 e. The van der Waals surface area contributed by atoms with Crippen molar-refractivity contribution in [1.82, 2.24) is 9.97 Å². The Morgan fingerprint density at radius 1 is 0.893 bits per heavy atom. The third kappa shape index (κ3) is 5.24. The average molecular weight is 414 g/mol. The molecule has 0 aliphatic heterocycles. The van der Waals surface area contributed by atoms with Crippen LogP contribution >= 0.6 is 12.2 Å². The predicted molar refractivity (Wildman–Crippen MR) is 115 cm³/mol. The molecule has 3 N–H and O–H groups in total. The van der Waals surface area contributed by atoms with Crippen LogP contribution in [0.4, 0.5) is 17.2 Å². The van der Waals surface area contributed by atoms with Crippen molar-refractivity contribution in [2.24, 2.45) is 0 Å². The van der Waals surface area contributed by atoms with Crippen LogP contribution in [0.1, 0.15) is 11.5 Å². The summed E-state index contributed by atoms with van der Waals surface area (Å²) in [5, 5.41) is 6.48. The molecule has 0 saturated heterocycles. The quantitative estimate of drug-likeness (QED) is 0.549. The van der Waals surface area contributed by atoms with Crippen LogP contribution in [-0.2, 0) is 10.0 Å². The molecule has 0 atom stereocenters. The van der Waals surface area contributed by atoms with Crippen LogP contribution in [0.2, 0.25) is 0 Å². The summed E-state index contributed by atoms with van der Waals surface area (Å²) >= 11 is 5.27. The van der Waals surface area contributed by atoms with Gasteiger partial charge in [0.25, 0.3) is 10.0 Å². The number of hydrogen-bond donors (Lipinski definition) is 3. The Labute approximate surface area is 169 Å². The molecule has 7 nitrogen and oxygen atoms in total. The van der Waals surface area contributed by atoms with Crippen molar-refractivity contribution in [1.29, 1.82) is 0 Å². The van der Waals surface area contributed by atoms with Gasteiger partial charge in [0.1, 0.15) is 11.6 Å². The number of aromatic nitrogens is 2. The molecule has 144 valence electrons. The molecule has 0 aliphatic carbocycles. The number of thiocarbonyl (C=S) groups is 1. The molecule has 2 aromatic carbocycles. The molecule has 3 aromatic rings. The standard InChI is InChI=1S/C19H19N5O2S2/c1-13-12-18(21-14(2)20-13)24-28(25,26)17-10-8-16(9-11-17)23-19(27)22-15-6-4-3-5-7-15/h3-12H,1-2H3,(H,20,21,24)(H2,22,23,27). The summed E-state index contributed by atoms with van der Waals surface area (Å²) in [6.07, 6.45) is 0. The maximum Gasteiger partial charge on any atom is 0.263 e. The van der Waals surface area contributed by atoms with Crippen molar-refractivity contribution in [3.8, 4) is 0 Å². The van der Waals surface area contributed by atoms with Gasteiger partial charge in [0.15, 0.2) is 5.11 Å². The first-order chi connectivity index (χ1) is 13.3. The van der Waals surface area contributed by atoms with Crippen molar-refractivity contribution in [2.45, 2.75) is 18.7 Å². The molecule has 0 unspecified atom stereocenters. The van der Waals surface area contributed by atoms with Crippen LogP contribution < -0.4 is 15.4 Å². The average Bonchev–Trinajstić information content (AvgIpc) is 2.61. The first-order valence-corrected chi connectivity index (χ1v) is 10.3. The zero-order chi connectivity index (χ0) is 20.1. The third-order valence-corrected chi connectivity index (χ3v) is 5.23. The van der Waals surface area contributed by atoms with Crippen LogP contribution in [0.25, 0.3) is 0 Å². The maximum atomic E-state index is 12.6. The highest BCUT2D eigenvalue weighted by molar-refractivity contribution is 7.92. The predicted octanol–water partition coefficient (Wildman–Crippen LogP) is 3.70. The lowest BCUT2D eigenvalue weighted by atomic mass is 10.3. The molecule has 1 heterocycles. The van der Waals surface area contributed by atoms with Crippen LogP contribution in [0.5, 0.6) is 0 Å². The highest BCUT2D eigenvalue weighted by Gasteiger charge is 2.15. The van der Waals surface area contributed by atoms with Gasteiger partial charge in [-0.15, -0.1) is 0 Å². The third-order valence-electron chi connectivity index (χ3n) is 3.66. The maximum absolute atomic E-state index is 12.6. The molecule has 0 radical (unpaired) electrons. The number of sulfonamides is 1. The van der Waals surface area contributed by atoms with Gasteiger partial charge in [0.2, 0.25) is 0 Å². The lowest BCUT2D eigenvalue weighted by Crippen LogP contribution is -2.19. The number of nitrogens with one attached hydrogen (secondary N) is 3. The van der Waals surface area contributed by atoms with Crippen LogP contribution in [0, 0.1) is 13.8 Å². The molecule has 0 fully saturated rings. The zero-order valence-corrected chi connectivity index (χ0v) is 16.9. The summed E-state index contributed by atoms with van der Waals surface area (Å²) in [5.41, 5.74) is 2.21. The summed E-state index contributed by atoms with van der Waals surface area (Å²) in [4.78, 5) is 8.36. The number of aryl methyl sites for hydroxylation is 2. The summed E-state index contributed by atoms with van der Waals surface area (Å²) in [7, 11) is -3.76. The number of rotatable bonds is 5. The van der Waals surface area contributed by atoms with E-state index >= 15 is 0 Å². The van der Waals surface area contributed by atoms with Gasteiger partial charge in [-0.2, -0.15) is 0 Å². The van der Waals surface area contributed by atoms with E-state index in [4.69, 9.17) is 12.2 Å². The Balaban J connectivity index is 1.68. The van der Waals surface area contributed by atoms with Gasteiger partial charge in [-0.05, 0) is 62.5 Å². The van der Waals surface area contributed by atoms with E-state index in [2.05, 4.69) is 25.3 Å². The van der Waals surface area contributed by atoms with Gasteiger partial charge in [-0.1, -0.05) is 18.2 Å². The van der Waals surface area contributed by atoms with Crippen LogP contribution in [0.15, 0.2) is 65.6 Å². The number of anilines is 3. The molecule has 3 rings (SSSR count). The van der Waals surface area contributed by atoms with E-state index in [0.717, 1.165) is 5.69 Å². The Hall–Kier alpha value is -3.04. The van der Waals surface area contributed by atoms with Gasteiger partial charge in [-0.25, -0.2) is 18.4 Å². The van der Waals surface area contributed by atoms with Crippen LogP contribution in [0.3, 0.4) is 0 Å². The monoisotopic (exact) mass is 413 g/mol. The van der Waals surface area contributed by atoms with Crippen molar-refractivity contribution in [2.75, 3.05) is 15.4 Å². The number of para-hydroxylation sites is 1. The lowest BCUT2D eigenvalue weighted by molar-refractivity contribution is 0.601. The summed E-state index contributed by atoms with van der Waals surface area (Å²) in [6, 6.07) is 17.4. The molecule has 9 heteroatoms. The van der Waals surface area contributed by atoms with Gasteiger partial charge in [-0.3, -0.25) is 4.72 Å². The van der Waals surface area contributed by atoms with E-state index in [0.29, 0.717) is 22.3 Å². The Morgan fingerprint density at radius 2 is 1.50 bits per heavy atom. The van der Waals surface area contributed by atoms with Gasteiger partial charge in [0.05, 0.1) is 4.90 Å². The number of hydrogen-bond acceptors (Lipinski definition) is 5. The second-order valence-electron chi connectivity index (χ2n) is 6.02.